The van der Waals surface area contributed by atoms with Crippen LogP contribution in [0.2, 0.25) is 0 Å². The summed E-state index contributed by atoms with van der Waals surface area (Å²) in [6.45, 7) is 1.59. The number of halogens is 6. The molecule has 158 valence electrons. The third kappa shape index (κ3) is 4.64. The van der Waals surface area contributed by atoms with E-state index < -0.39 is 35.0 Å². The van der Waals surface area contributed by atoms with Gasteiger partial charge in [-0.05, 0) is 36.2 Å². The Bertz CT molecular complexity index is 1100. The molecule has 3 rings (SSSR count). The average Bonchev–Trinajstić information content (AvgIpc) is 3.00. The van der Waals surface area contributed by atoms with Crippen molar-refractivity contribution in [1.29, 1.82) is 0 Å². The summed E-state index contributed by atoms with van der Waals surface area (Å²) in [7, 11) is 0. The van der Waals surface area contributed by atoms with Gasteiger partial charge in [-0.15, -0.1) is 11.3 Å². The molecule has 0 aliphatic rings. The van der Waals surface area contributed by atoms with Crippen LogP contribution in [-0.4, -0.2) is 10.9 Å². The number of benzene rings is 2. The maximum atomic E-state index is 13.3. The molecule has 0 unspecified atom stereocenters. The summed E-state index contributed by atoms with van der Waals surface area (Å²) in [6.07, 6.45) is -9.16. The molecule has 2 aromatic carbocycles. The number of aryl methyl sites for hydroxylation is 1. The number of aromatic nitrogens is 1. The lowest BCUT2D eigenvalue weighted by molar-refractivity contribution is -0.138. The SMILES string of the molecule is Cc1nc(Cc2cccc(C(F)(F)F)c2)sc1-c1ccc(C(N)=O)c(C(F)(F)F)c1. The van der Waals surface area contributed by atoms with Crippen molar-refractivity contribution in [2.45, 2.75) is 25.7 Å². The van der Waals surface area contributed by atoms with E-state index in [4.69, 9.17) is 5.73 Å². The zero-order valence-electron chi connectivity index (χ0n) is 15.4. The smallest absolute Gasteiger partial charge is 0.366 e. The molecular weight excluding hydrogens is 430 g/mol. The van der Waals surface area contributed by atoms with Gasteiger partial charge >= 0.3 is 12.4 Å². The van der Waals surface area contributed by atoms with Crippen LogP contribution in [0, 0.1) is 6.92 Å². The quantitative estimate of drug-likeness (QED) is 0.514. The molecule has 3 aromatic rings. The lowest BCUT2D eigenvalue weighted by Crippen LogP contribution is -2.18. The number of hydrogen-bond acceptors (Lipinski definition) is 3. The minimum absolute atomic E-state index is 0.0981. The first-order valence-corrected chi connectivity index (χ1v) is 9.32. The molecule has 2 N–H and O–H groups in total. The summed E-state index contributed by atoms with van der Waals surface area (Å²) >= 11 is 1.08. The first-order chi connectivity index (χ1) is 13.9. The zero-order chi connectivity index (χ0) is 22.3. The Morgan fingerprint density at radius 2 is 1.73 bits per heavy atom. The molecule has 3 nitrogen and oxygen atoms in total. The second-order valence-electron chi connectivity index (χ2n) is 6.52. The van der Waals surface area contributed by atoms with Crippen molar-refractivity contribution >= 4 is 17.2 Å². The van der Waals surface area contributed by atoms with E-state index in [9.17, 15) is 31.1 Å². The zero-order valence-corrected chi connectivity index (χ0v) is 16.2. The molecule has 30 heavy (non-hydrogen) atoms. The van der Waals surface area contributed by atoms with Crippen LogP contribution >= 0.6 is 11.3 Å². The van der Waals surface area contributed by atoms with Crippen molar-refractivity contribution in [3.8, 4) is 10.4 Å². The van der Waals surface area contributed by atoms with Crippen molar-refractivity contribution < 1.29 is 31.1 Å². The molecular formula is C20H14F6N2OS. The Balaban J connectivity index is 1.97. The summed E-state index contributed by atoms with van der Waals surface area (Å²) in [6, 6.07) is 7.96. The van der Waals surface area contributed by atoms with Gasteiger partial charge in [0.2, 0.25) is 5.91 Å². The van der Waals surface area contributed by atoms with Crippen LogP contribution in [0.3, 0.4) is 0 Å². The van der Waals surface area contributed by atoms with Gasteiger partial charge in [-0.1, -0.05) is 24.3 Å². The number of carbonyl (C=O) groups is 1. The van der Waals surface area contributed by atoms with Crippen LogP contribution in [0.5, 0.6) is 0 Å². The Hall–Kier alpha value is -2.88. The fourth-order valence-electron chi connectivity index (χ4n) is 2.96. The predicted octanol–water partition coefficient (Wildman–Crippen LogP) is 5.85. The van der Waals surface area contributed by atoms with E-state index in [0.29, 0.717) is 21.1 Å². The highest BCUT2D eigenvalue weighted by Crippen LogP contribution is 2.38. The van der Waals surface area contributed by atoms with E-state index >= 15 is 0 Å². The number of nitrogens with zero attached hydrogens (tertiary/aromatic N) is 1. The van der Waals surface area contributed by atoms with Gasteiger partial charge in [0, 0.05) is 6.42 Å². The van der Waals surface area contributed by atoms with Crippen molar-refractivity contribution in [2.75, 3.05) is 0 Å². The van der Waals surface area contributed by atoms with E-state index in [-0.39, 0.29) is 12.0 Å². The summed E-state index contributed by atoms with van der Waals surface area (Å²) in [5, 5.41) is 0.453. The van der Waals surface area contributed by atoms with Crippen LogP contribution in [0.25, 0.3) is 10.4 Å². The summed E-state index contributed by atoms with van der Waals surface area (Å²) in [4.78, 5) is 16.0. The molecule has 0 bridgehead atoms. The van der Waals surface area contributed by atoms with Gasteiger partial charge in [-0.3, -0.25) is 4.79 Å². The highest BCUT2D eigenvalue weighted by Gasteiger charge is 2.35. The van der Waals surface area contributed by atoms with E-state index in [1.54, 1.807) is 6.92 Å². The van der Waals surface area contributed by atoms with Crippen molar-refractivity contribution in [2.24, 2.45) is 5.73 Å². The molecule has 10 heteroatoms. The monoisotopic (exact) mass is 444 g/mol. The van der Waals surface area contributed by atoms with Gasteiger partial charge < -0.3 is 5.73 Å². The average molecular weight is 444 g/mol. The van der Waals surface area contributed by atoms with Crippen LogP contribution in [-0.2, 0) is 18.8 Å². The number of hydrogen-bond donors (Lipinski definition) is 1. The number of amides is 1. The molecule has 0 radical (unpaired) electrons. The number of carbonyl (C=O) groups excluding carboxylic acids is 1. The van der Waals surface area contributed by atoms with Gasteiger partial charge in [0.25, 0.3) is 0 Å². The maximum absolute atomic E-state index is 13.3. The summed E-state index contributed by atoms with van der Waals surface area (Å²) in [5.41, 5.74) is 3.46. The van der Waals surface area contributed by atoms with Gasteiger partial charge in [0.15, 0.2) is 0 Å². The first-order valence-electron chi connectivity index (χ1n) is 8.50. The van der Waals surface area contributed by atoms with Crippen LogP contribution in [0.4, 0.5) is 26.3 Å². The van der Waals surface area contributed by atoms with Crippen LogP contribution in [0.1, 0.15) is 37.7 Å². The van der Waals surface area contributed by atoms with Gasteiger partial charge in [0.05, 0.1) is 32.3 Å². The standard InChI is InChI=1S/C20H14F6N2OS/c1-10-17(12-5-6-14(18(27)29)15(9-12)20(24,25)26)30-16(28-10)8-11-3-2-4-13(7-11)19(21,22)23/h2-7,9H,8H2,1H3,(H2,27,29). The largest absolute Gasteiger partial charge is 0.417 e. The number of primary amides is 1. The van der Waals surface area contributed by atoms with Crippen LogP contribution < -0.4 is 5.73 Å². The molecule has 0 saturated carbocycles. The highest BCUT2D eigenvalue weighted by atomic mass is 32.1. The van der Waals surface area contributed by atoms with E-state index in [1.165, 1.54) is 18.2 Å². The molecule has 0 aliphatic heterocycles. The van der Waals surface area contributed by atoms with Gasteiger partial charge in [0.1, 0.15) is 0 Å². The lowest BCUT2D eigenvalue weighted by Gasteiger charge is -2.12. The minimum atomic E-state index is -4.78. The topological polar surface area (TPSA) is 56.0 Å². The fraction of sp³-hybridized carbons (Fsp3) is 0.200. The van der Waals surface area contributed by atoms with Crippen molar-refractivity contribution in [1.82, 2.24) is 4.98 Å². The van der Waals surface area contributed by atoms with Gasteiger partial charge in [-0.25, -0.2) is 4.98 Å². The van der Waals surface area contributed by atoms with E-state index in [2.05, 4.69) is 4.98 Å². The van der Waals surface area contributed by atoms with E-state index in [0.717, 1.165) is 35.6 Å². The maximum Gasteiger partial charge on any atom is 0.417 e. The predicted molar refractivity (Wildman–Crippen MR) is 100 cm³/mol. The normalized spacial score (nSPS) is 12.2. The third-order valence-electron chi connectivity index (χ3n) is 4.30. The first kappa shape index (κ1) is 21.8. The van der Waals surface area contributed by atoms with E-state index in [1.807, 2.05) is 0 Å². The fourth-order valence-corrected chi connectivity index (χ4v) is 4.06. The Labute approximate surface area is 171 Å². The highest BCUT2D eigenvalue weighted by molar-refractivity contribution is 7.15. The van der Waals surface area contributed by atoms with Crippen molar-refractivity contribution in [3.05, 3.63) is 75.4 Å². The second kappa shape index (κ2) is 7.75. The molecule has 0 saturated heterocycles. The van der Waals surface area contributed by atoms with Crippen molar-refractivity contribution in [3.63, 3.8) is 0 Å². The molecule has 0 atom stereocenters. The number of nitrogens with two attached hydrogens (primary N) is 1. The summed E-state index contributed by atoms with van der Waals surface area (Å²) in [5.74, 6) is -1.19. The number of alkyl halides is 6. The summed E-state index contributed by atoms with van der Waals surface area (Å²) < 4.78 is 78.6. The Morgan fingerprint density at radius 3 is 2.33 bits per heavy atom. The third-order valence-corrected chi connectivity index (χ3v) is 5.51. The second-order valence-corrected chi connectivity index (χ2v) is 7.60. The molecule has 0 fully saturated rings. The van der Waals surface area contributed by atoms with Gasteiger partial charge in [-0.2, -0.15) is 26.3 Å². The molecule has 0 spiro atoms. The Kier molecular flexibility index (Phi) is 5.64. The minimum Gasteiger partial charge on any atom is -0.366 e. The molecule has 1 amide bonds. The Morgan fingerprint density at radius 1 is 1.03 bits per heavy atom. The lowest BCUT2D eigenvalue weighted by atomic mass is 10.0. The number of rotatable bonds is 4. The molecule has 1 heterocycles. The number of thiazole rings is 1. The molecule has 0 aliphatic carbocycles. The molecule has 1 aromatic heterocycles. The van der Waals surface area contributed by atoms with Crippen LogP contribution in [0.15, 0.2) is 42.5 Å².